The molecule has 1 amide bonds. The van der Waals surface area contributed by atoms with Crippen LogP contribution in [-0.4, -0.2) is 25.1 Å². The highest BCUT2D eigenvalue weighted by Crippen LogP contribution is 2.18. The van der Waals surface area contributed by atoms with Crippen LogP contribution >= 0.6 is 0 Å². The minimum absolute atomic E-state index is 0.0160. The Bertz CT molecular complexity index is 1590. The summed E-state index contributed by atoms with van der Waals surface area (Å²) >= 11 is 0. The van der Waals surface area contributed by atoms with Crippen molar-refractivity contribution in [3.63, 3.8) is 0 Å². The van der Waals surface area contributed by atoms with Crippen LogP contribution in [0.4, 0.5) is 14.5 Å². The average molecular weight is 445 g/mol. The lowest BCUT2D eigenvalue weighted by Gasteiger charge is -2.12. The molecule has 0 fully saturated rings. The zero-order valence-corrected chi connectivity index (χ0v) is 17.4. The fourth-order valence-corrected chi connectivity index (χ4v) is 3.66. The molecule has 5 aromatic rings. The van der Waals surface area contributed by atoms with E-state index in [0.717, 1.165) is 23.3 Å². The lowest BCUT2D eigenvalue weighted by molar-refractivity contribution is 0.101. The molecule has 0 spiro atoms. The number of hydrogen-bond donors (Lipinski definition) is 1. The number of nitrogens with zero attached hydrogens (tertiary/aromatic N) is 4. The van der Waals surface area contributed by atoms with E-state index < -0.39 is 23.1 Å². The zero-order valence-electron chi connectivity index (χ0n) is 17.4. The van der Waals surface area contributed by atoms with Gasteiger partial charge in [-0.2, -0.15) is 4.98 Å². The molecule has 0 aliphatic carbocycles. The molecule has 0 saturated carbocycles. The van der Waals surface area contributed by atoms with Crippen LogP contribution in [0.25, 0.3) is 16.7 Å². The van der Waals surface area contributed by atoms with Gasteiger partial charge in [0.2, 0.25) is 11.5 Å². The third-order valence-corrected chi connectivity index (χ3v) is 5.26. The average Bonchev–Trinajstić information content (AvgIpc) is 3.26. The second-order valence-electron chi connectivity index (χ2n) is 7.62. The normalized spacial score (nSPS) is 11.2. The van der Waals surface area contributed by atoms with Crippen LogP contribution in [0.1, 0.15) is 21.7 Å². The molecule has 5 rings (SSSR count). The first kappa shape index (κ1) is 20.5. The third kappa shape index (κ3) is 3.73. The summed E-state index contributed by atoms with van der Waals surface area (Å²) in [5.41, 5.74) is 2.76. The van der Waals surface area contributed by atoms with Crippen molar-refractivity contribution in [3.8, 4) is 0 Å². The molecule has 2 heterocycles. The topological polar surface area (TPSA) is 81.3 Å². The second-order valence-corrected chi connectivity index (χ2v) is 7.62. The highest BCUT2D eigenvalue weighted by molar-refractivity contribution is 6.02. The molecule has 0 bridgehead atoms. The molecule has 0 saturated heterocycles. The molecule has 9 heteroatoms. The molecule has 1 N–H and O–H groups in total. The molecule has 0 aliphatic heterocycles. The van der Waals surface area contributed by atoms with Gasteiger partial charge in [0.1, 0.15) is 0 Å². The largest absolute Gasteiger partial charge is 0.319 e. The van der Waals surface area contributed by atoms with E-state index in [1.54, 1.807) is 4.57 Å². The van der Waals surface area contributed by atoms with Crippen molar-refractivity contribution in [1.82, 2.24) is 19.2 Å². The number of carbonyl (C=O) groups excluding carboxylic acids is 1. The number of halogens is 2. The number of carbonyl (C=O) groups is 1. The molecule has 0 aliphatic rings. The van der Waals surface area contributed by atoms with Gasteiger partial charge in [-0.15, -0.1) is 5.10 Å². The van der Waals surface area contributed by atoms with E-state index in [-0.39, 0.29) is 17.2 Å². The van der Waals surface area contributed by atoms with Gasteiger partial charge in [0.15, 0.2) is 11.6 Å². The summed E-state index contributed by atoms with van der Waals surface area (Å²) in [7, 11) is 0. The third-order valence-electron chi connectivity index (χ3n) is 5.26. The Labute approximate surface area is 185 Å². The number of aromatic nitrogens is 4. The van der Waals surface area contributed by atoms with Crippen LogP contribution in [0.2, 0.25) is 0 Å². The highest BCUT2D eigenvalue weighted by Gasteiger charge is 2.20. The van der Waals surface area contributed by atoms with Crippen molar-refractivity contribution in [3.05, 3.63) is 106 Å². The molecule has 0 unspecified atom stereocenters. The smallest absolute Gasteiger partial charge is 0.296 e. The van der Waals surface area contributed by atoms with Crippen molar-refractivity contribution in [2.24, 2.45) is 0 Å². The number of anilines is 1. The summed E-state index contributed by atoms with van der Waals surface area (Å²) < 4.78 is 29.6. The van der Waals surface area contributed by atoms with Crippen molar-refractivity contribution in [2.45, 2.75) is 13.5 Å². The summed E-state index contributed by atoms with van der Waals surface area (Å²) in [6.07, 6.45) is 0. The number of aryl methyl sites for hydroxylation is 1. The number of amides is 1. The quantitative estimate of drug-likeness (QED) is 0.455. The van der Waals surface area contributed by atoms with Gasteiger partial charge in [-0.05, 0) is 42.3 Å². The number of fused-ring (bicyclic) bond motifs is 3. The minimum Gasteiger partial charge on any atom is -0.319 e. The van der Waals surface area contributed by atoms with E-state index in [9.17, 15) is 18.4 Å². The number of benzene rings is 3. The second kappa shape index (κ2) is 7.94. The summed E-state index contributed by atoms with van der Waals surface area (Å²) in [5.74, 6) is -3.14. The predicted molar refractivity (Wildman–Crippen MR) is 119 cm³/mol. The number of hydrogen-bond acceptors (Lipinski definition) is 4. The first-order valence-electron chi connectivity index (χ1n) is 10.1. The van der Waals surface area contributed by atoms with Crippen molar-refractivity contribution < 1.29 is 13.6 Å². The van der Waals surface area contributed by atoms with Crippen LogP contribution in [0, 0.1) is 18.6 Å². The van der Waals surface area contributed by atoms with E-state index in [1.807, 2.05) is 55.5 Å². The summed E-state index contributed by atoms with van der Waals surface area (Å²) in [6, 6.07) is 18.1. The van der Waals surface area contributed by atoms with Gasteiger partial charge >= 0.3 is 0 Å². The summed E-state index contributed by atoms with van der Waals surface area (Å²) in [5, 5.41) is 6.65. The van der Waals surface area contributed by atoms with E-state index in [4.69, 9.17) is 0 Å². The van der Waals surface area contributed by atoms with Gasteiger partial charge in [0, 0.05) is 11.8 Å². The van der Waals surface area contributed by atoms with Crippen molar-refractivity contribution >= 4 is 28.3 Å². The molecular formula is C24H17F2N5O2. The van der Waals surface area contributed by atoms with Crippen LogP contribution in [0.5, 0.6) is 0 Å². The predicted octanol–water partition coefficient (Wildman–Crippen LogP) is 3.93. The lowest BCUT2D eigenvalue weighted by atomic mass is 10.2. The molecule has 0 radical (unpaired) electrons. The first-order valence-corrected chi connectivity index (χ1v) is 10.1. The maximum atomic E-state index is 13.5. The Morgan fingerprint density at radius 1 is 0.970 bits per heavy atom. The fourth-order valence-electron chi connectivity index (χ4n) is 3.66. The van der Waals surface area contributed by atoms with Gasteiger partial charge in [0.05, 0.1) is 17.6 Å². The van der Waals surface area contributed by atoms with E-state index in [1.165, 1.54) is 10.6 Å². The van der Waals surface area contributed by atoms with Gasteiger partial charge in [-0.25, -0.2) is 13.3 Å². The van der Waals surface area contributed by atoms with E-state index in [0.29, 0.717) is 17.6 Å². The Kier molecular flexibility index (Phi) is 4.93. The maximum absolute atomic E-state index is 13.5. The minimum atomic E-state index is -1.10. The first-order chi connectivity index (χ1) is 15.9. The molecule has 33 heavy (non-hydrogen) atoms. The van der Waals surface area contributed by atoms with Gasteiger partial charge in [-0.3, -0.25) is 14.2 Å². The van der Waals surface area contributed by atoms with Crippen LogP contribution in [0.15, 0.2) is 71.5 Å². The molecule has 0 atom stereocenters. The fraction of sp³-hybridized carbons (Fsp3) is 0.0833. The SMILES string of the molecule is Cc1ccc2c(c1)n(Cc1ccccc1)c(=O)c1nc(C(=O)Nc3ccc(F)c(F)c3)nn12. The molecule has 164 valence electrons. The standard InChI is InChI=1S/C24H17F2N5O2/c1-14-7-10-19-20(11-14)30(13-15-5-3-2-4-6-15)24(33)22-28-21(29-31(19)22)23(32)27-16-8-9-17(25)18(26)12-16/h2-12H,13H2,1H3,(H,27,32). The number of rotatable bonds is 4. The Balaban J connectivity index is 1.63. The summed E-state index contributed by atoms with van der Waals surface area (Å²) in [6.45, 7) is 2.24. The van der Waals surface area contributed by atoms with Crippen molar-refractivity contribution in [2.75, 3.05) is 5.32 Å². The molecule has 2 aromatic heterocycles. The maximum Gasteiger partial charge on any atom is 0.296 e. The lowest BCUT2D eigenvalue weighted by Crippen LogP contribution is -2.24. The van der Waals surface area contributed by atoms with Crippen LogP contribution in [0.3, 0.4) is 0 Å². The molecular weight excluding hydrogens is 428 g/mol. The number of nitrogens with one attached hydrogen (secondary N) is 1. The molecule has 3 aromatic carbocycles. The Hall–Kier alpha value is -4.40. The Morgan fingerprint density at radius 2 is 1.76 bits per heavy atom. The van der Waals surface area contributed by atoms with Gasteiger partial charge in [-0.1, -0.05) is 36.4 Å². The Morgan fingerprint density at radius 3 is 2.52 bits per heavy atom. The zero-order chi connectivity index (χ0) is 23.1. The van der Waals surface area contributed by atoms with E-state index in [2.05, 4.69) is 15.4 Å². The summed E-state index contributed by atoms with van der Waals surface area (Å²) in [4.78, 5) is 30.2. The molecule has 7 nitrogen and oxygen atoms in total. The van der Waals surface area contributed by atoms with E-state index >= 15 is 0 Å². The van der Waals surface area contributed by atoms with Gasteiger partial charge in [0.25, 0.3) is 11.5 Å². The van der Waals surface area contributed by atoms with Crippen LogP contribution in [-0.2, 0) is 6.54 Å². The van der Waals surface area contributed by atoms with Crippen LogP contribution < -0.4 is 10.9 Å². The van der Waals surface area contributed by atoms with Crippen molar-refractivity contribution in [1.29, 1.82) is 0 Å². The monoisotopic (exact) mass is 445 g/mol. The van der Waals surface area contributed by atoms with Gasteiger partial charge < -0.3 is 5.32 Å². The highest BCUT2D eigenvalue weighted by atomic mass is 19.2.